The van der Waals surface area contributed by atoms with Crippen molar-refractivity contribution in [3.05, 3.63) is 99.0 Å². The molecule has 0 bridgehead atoms. The first-order valence-electron chi connectivity index (χ1n) is 12.5. The van der Waals surface area contributed by atoms with Crippen molar-refractivity contribution < 1.29 is 18.0 Å². The van der Waals surface area contributed by atoms with E-state index in [1.165, 1.54) is 17.0 Å². The second-order valence-corrected chi connectivity index (χ2v) is 13.5. The SMILES string of the molecule is CC(C)(C)NC(=O)C(Cc1ccccc1)N(Cc1ccccc1Cl)C(=O)CN(c1cccc(Cl)c1Cl)S(C)(=O)=O. The molecule has 3 aromatic rings. The van der Waals surface area contributed by atoms with Gasteiger partial charge in [0.25, 0.3) is 0 Å². The monoisotopic (exact) mass is 623 g/mol. The Labute approximate surface area is 251 Å². The summed E-state index contributed by atoms with van der Waals surface area (Å²) in [5.41, 5.74) is 0.900. The Morgan fingerprint density at radius 1 is 0.875 bits per heavy atom. The largest absolute Gasteiger partial charge is 0.350 e. The maximum Gasteiger partial charge on any atom is 0.244 e. The zero-order valence-corrected chi connectivity index (χ0v) is 25.8. The van der Waals surface area contributed by atoms with Crippen LogP contribution in [0.2, 0.25) is 15.1 Å². The zero-order valence-electron chi connectivity index (χ0n) is 22.7. The van der Waals surface area contributed by atoms with Gasteiger partial charge in [0.2, 0.25) is 21.8 Å². The van der Waals surface area contributed by atoms with Gasteiger partial charge in [-0.1, -0.05) is 89.4 Å². The molecule has 2 amide bonds. The molecule has 0 aromatic heterocycles. The van der Waals surface area contributed by atoms with Crippen LogP contribution in [-0.2, 0) is 32.6 Å². The van der Waals surface area contributed by atoms with Crippen molar-refractivity contribution in [2.75, 3.05) is 17.1 Å². The number of nitrogens with one attached hydrogen (secondary N) is 1. The number of carbonyl (C=O) groups is 2. The van der Waals surface area contributed by atoms with Crippen LogP contribution in [0, 0.1) is 0 Å². The van der Waals surface area contributed by atoms with Crippen LogP contribution in [0.4, 0.5) is 5.69 Å². The Hall–Kier alpha value is -2.78. The van der Waals surface area contributed by atoms with Gasteiger partial charge >= 0.3 is 0 Å². The van der Waals surface area contributed by atoms with Crippen LogP contribution < -0.4 is 9.62 Å². The second-order valence-electron chi connectivity index (χ2n) is 10.4. The summed E-state index contributed by atoms with van der Waals surface area (Å²) in [6.45, 7) is 4.89. The van der Waals surface area contributed by atoms with Crippen LogP contribution >= 0.6 is 34.8 Å². The fraction of sp³-hybridized carbons (Fsp3) is 0.310. The van der Waals surface area contributed by atoms with E-state index in [9.17, 15) is 18.0 Å². The Morgan fingerprint density at radius 3 is 2.08 bits per heavy atom. The molecule has 0 aliphatic heterocycles. The number of halogens is 3. The fourth-order valence-electron chi connectivity index (χ4n) is 4.10. The van der Waals surface area contributed by atoms with Crippen molar-refractivity contribution in [1.82, 2.24) is 10.2 Å². The summed E-state index contributed by atoms with van der Waals surface area (Å²) >= 11 is 19.0. The van der Waals surface area contributed by atoms with E-state index < -0.39 is 34.1 Å². The number of nitrogens with zero attached hydrogens (tertiary/aromatic N) is 2. The Bertz CT molecular complexity index is 1460. The van der Waals surface area contributed by atoms with Gasteiger partial charge in [-0.25, -0.2) is 8.42 Å². The highest BCUT2D eigenvalue weighted by atomic mass is 35.5. The number of rotatable bonds is 10. The Morgan fingerprint density at radius 2 is 1.48 bits per heavy atom. The van der Waals surface area contributed by atoms with Gasteiger partial charge in [-0.3, -0.25) is 13.9 Å². The minimum Gasteiger partial charge on any atom is -0.350 e. The average Bonchev–Trinajstić information content (AvgIpc) is 2.86. The van der Waals surface area contributed by atoms with Crippen molar-refractivity contribution in [1.29, 1.82) is 0 Å². The lowest BCUT2D eigenvalue weighted by molar-refractivity contribution is -0.140. The molecule has 0 radical (unpaired) electrons. The molecule has 7 nitrogen and oxygen atoms in total. The molecule has 3 aromatic carbocycles. The molecule has 0 saturated heterocycles. The molecule has 40 heavy (non-hydrogen) atoms. The van der Waals surface area contributed by atoms with Gasteiger partial charge in [0.05, 0.1) is 22.0 Å². The topological polar surface area (TPSA) is 86.8 Å². The van der Waals surface area contributed by atoms with E-state index >= 15 is 0 Å². The maximum absolute atomic E-state index is 14.1. The number of anilines is 1. The maximum atomic E-state index is 14.1. The van der Waals surface area contributed by atoms with Crippen molar-refractivity contribution >= 4 is 62.3 Å². The Kier molecular flexibility index (Phi) is 10.5. The van der Waals surface area contributed by atoms with Gasteiger partial charge in [0, 0.05) is 23.5 Å². The number of benzene rings is 3. The summed E-state index contributed by atoms with van der Waals surface area (Å²) in [6.07, 6.45) is 1.17. The van der Waals surface area contributed by atoms with Crippen LogP contribution in [0.1, 0.15) is 31.9 Å². The van der Waals surface area contributed by atoms with Gasteiger partial charge in [0.1, 0.15) is 12.6 Å². The highest BCUT2D eigenvalue weighted by Crippen LogP contribution is 2.34. The fourth-order valence-corrected chi connectivity index (χ4v) is 5.59. The van der Waals surface area contributed by atoms with Gasteiger partial charge in [0.15, 0.2) is 0 Å². The third kappa shape index (κ3) is 8.61. The normalized spacial score (nSPS) is 12.5. The predicted octanol–water partition coefficient (Wildman–Crippen LogP) is 5.97. The number of hydrogen-bond acceptors (Lipinski definition) is 4. The summed E-state index contributed by atoms with van der Waals surface area (Å²) in [4.78, 5) is 29.2. The zero-order chi connectivity index (χ0) is 29.7. The van der Waals surface area contributed by atoms with Gasteiger partial charge in [-0.15, -0.1) is 0 Å². The molecule has 0 spiro atoms. The van der Waals surface area contributed by atoms with Gasteiger partial charge in [-0.2, -0.15) is 0 Å². The molecular formula is C29H32Cl3N3O4S. The third-order valence-electron chi connectivity index (χ3n) is 5.95. The number of hydrogen-bond donors (Lipinski definition) is 1. The highest BCUT2D eigenvalue weighted by molar-refractivity contribution is 7.92. The lowest BCUT2D eigenvalue weighted by Crippen LogP contribution is -2.56. The predicted molar refractivity (Wildman–Crippen MR) is 162 cm³/mol. The molecule has 1 N–H and O–H groups in total. The van der Waals surface area contributed by atoms with Gasteiger partial charge in [-0.05, 0) is 50.1 Å². The first-order valence-corrected chi connectivity index (χ1v) is 15.5. The first-order chi connectivity index (χ1) is 18.7. The summed E-state index contributed by atoms with van der Waals surface area (Å²) in [6, 6.07) is 19.8. The van der Waals surface area contributed by atoms with Crippen LogP contribution in [0.25, 0.3) is 0 Å². The first kappa shape index (κ1) is 31.7. The van der Waals surface area contributed by atoms with Crippen molar-refractivity contribution in [2.24, 2.45) is 0 Å². The van der Waals surface area contributed by atoms with Crippen LogP contribution in [-0.4, -0.2) is 49.5 Å². The highest BCUT2D eigenvalue weighted by Gasteiger charge is 2.35. The van der Waals surface area contributed by atoms with Gasteiger partial charge < -0.3 is 10.2 Å². The van der Waals surface area contributed by atoms with Crippen molar-refractivity contribution in [2.45, 2.75) is 45.3 Å². The van der Waals surface area contributed by atoms with Crippen molar-refractivity contribution in [3.8, 4) is 0 Å². The van der Waals surface area contributed by atoms with E-state index in [1.54, 1.807) is 30.3 Å². The third-order valence-corrected chi connectivity index (χ3v) is 8.25. The van der Waals surface area contributed by atoms with E-state index in [-0.39, 0.29) is 34.6 Å². The van der Waals surface area contributed by atoms with E-state index in [2.05, 4.69) is 5.32 Å². The molecule has 11 heteroatoms. The smallest absolute Gasteiger partial charge is 0.244 e. The number of sulfonamides is 1. The molecule has 0 aliphatic rings. The number of carbonyl (C=O) groups excluding carboxylic acids is 2. The lowest BCUT2D eigenvalue weighted by atomic mass is 10.0. The molecule has 1 atom stereocenters. The summed E-state index contributed by atoms with van der Waals surface area (Å²) in [7, 11) is -3.98. The van der Waals surface area contributed by atoms with E-state index in [1.807, 2.05) is 51.1 Å². The lowest BCUT2D eigenvalue weighted by Gasteiger charge is -2.35. The van der Waals surface area contributed by atoms with Crippen molar-refractivity contribution in [3.63, 3.8) is 0 Å². The molecule has 1 unspecified atom stereocenters. The van der Waals surface area contributed by atoms with E-state index in [4.69, 9.17) is 34.8 Å². The molecular weight excluding hydrogens is 593 g/mol. The molecule has 0 heterocycles. The van der Waals surface area contributed by atoms with E-state index in [0.717, 1.165) is 16.1 Å². The molecule has 214 valence electrons. The molecule has 3 rings (SSSR count). The summed E-state index contributed by atoms with van der Waals surface area (Å²) in [5, 5.41) is 3.51. The van der Waals surface area contributed by atoms with Crippen LogP contribution in [0.15, 0.2) is 72.8 Å². The summed E-state index contributed by atoms with van der Waals surface area (Å²) in [5.74, 6) is -1.00. The average molecular weight is 625 g/mol. The molecule has 0 aliphatic carbocycles. The molecule has 0 saturated carbocycles. The van der Waals surface area contributed by atoms with E-state index in [0.29, 0.717) is 10.6 Å². The minimum absolute atomic E-state index is 0.00800. The minimum atomic E-state index is -3.98. The van der Waals surface area contributed by atoms with Crippen LogP contribution in [0.5, 0.6) is 0 Å². The van der Waals surface area contributed by atoms with Crippen LogP contribution in [0.3, 0.4) is 0 Å². The quantitative estimate of drug-likeness (QED) is 0.301. The second kappa shape index (κ2) is 13.3. The standard InChI is InChI=1S/C29H32Cl3N3O4S/c1-29(2,3)33-28(37)25(17-20-11-6-5-7-12-20)34(18-21-13-8-9-14-22(21)30)26(36)19-35(40(4,38)39)24-16-10-15-23(31)27(24)32/h5-16,25H,17-19H2,1-4H3,(H,33,37). The Balaban J connectivity index is 2.11. The number of amides is 2. The molecule has 0 fully saturated rings. The summed E-state index contributed by atoms with van der Waals surface area (Å²) < 4.78 is 26.7.